The second-order valence-electron chi connectivity index (χ2n) is 1.34. The summed E-state index contributed by atoms with van der Waals surface area (Å²) in [5.74, 6) is 0.564. The zero-order valence-electron chi connectivity index (χ0n) is 4.17. The second kappa shape index (κ2) is 2.67. The van der Waals surface area contributed by atoms with Crippen molar-refractivity contribution in [3.05, 3.63) is 12.0 Å². The van der Waals surface area contributed by atoms with Crippen molar-refractivity contribution in [3.63, 3.8) is 0 Å². The lowest BCUT2D eigenvalue weighted by molar-refractivity contribution is 0.392. The van der Waals surface area contributed by atoms with Crippen LogP contribution in [0.1, 0.15) is 5.69 Å². The summed E-state index contributed by atoms with van der Waals surface area (Å²) in [5, 5.41) is 6.86. The number of rotatable bonds is 2. The van der Waals surface area contributed by atoms with Crippen molar-refractivity contribution in [2.24, 2.45) is 0 Å². The van der Waals surface area contributed by atoms with Crippen LogP contribution in [0.25, 0.3) is 0 Å². The van der Waals surface area contributed by atoms with E-state index in [1.54, 1.807) is 0 Å². The lowest BCUT2D eigenvalue weighted by atomic mass is 10.4. The zero-order valence-corrected chi connectivity index (χ0v) is 4.93. The molecule has 0 unspecified atom stereocenters. The highest BCUT2D eigenvalue weighted by Crippen LogP contribution is 1.93. The molecule has 4 heteroatoms. The van der Waals surface area contributed by atoms with Gasteiger partial charge in [-0.2, -0.15) is 0 Å². The van der Waals surface area contributed by atoms with Crippen molar-refractivity contribution in [1.82, 2.24) is 10.4 Å². The van der Waals surface area contributed by atoms with Crippen molar-refractivity contribution >= 4 is 11.6 Å². The molecule has 0 aliphatic rings. The quantitative estimate of drug-likeness (QED) is 0.560. The highest BCUT2D eigenvalue weighted by atomic mass is 35.5. The van der Waals surface area contributed by atoms with E-state index < -0.39 is 0 Å². The average Bonchev–Trinajstić information content (AvgIpc) is 2.19. The van der Waals surface area contributed by atoms with Crippen LogP contribution in [0.15, 0.2) is 10.8 Å². The second-order valence-corrected chi connectivity index (χ2v) is 1.71. The molecule has 3 nitrogen and oxygen atoms in total. The van der Waals surface area contributed by atoms with Crippen molar-refractivity contribution in [2.75, 3.05) is 5.88 Å². The van der Waals surface area contributed by atoms with Crippen LogP contribution in [-0.4, -0.2) is 16.3 Å². The van der Waals surface area contributed by atoms with Gasteiger partial charge in [0.2, 0.25) is 0 Å². The highest BCUT2D eigenvalue weighted by molar-refractivity contribution is 6.17. The summed E-state index contributed by atoms with van der Waals surface area (Å²) in [6.07, 6.45) is 2.22. The SMILES string of the molecule is ClCCc1conn1. The van der Waals surface area contributed by atoms with E-state index in [1.165, 1.54) is 6.26 Å². The first-order valence-corrected chi connectivity index (χ1v) is 2.79. The molecule has 8 heavy (non-hydrogen) atoms. The van der Waals surface area contributed by atoms with Gasteiger partial charge in [-0.25, -0.2) is 0 Å². The largest absolute Gasteiger partial charge is 0.345 e. The first-order valence-electron chi connectivity index (χ1n) is 2.25. The maximum absolute atomic E-state index is 5.38. The number of hydrogen-bond donors (Lipinski definition) is 0. The Morgan fingerprint density at radius 2 is 2.62 bits per heavy atom. The minimum atomic E-state index is 0.564. The summed E-state index contributed by atoms with van der Waals surface area (Å²) in [4.78, 5) is 0. The Hall–Kier alpha value is -0.570. The topological polar surface area (TPSA) is 38.9 Å². The minimum absolute atomic E-state index is 0.564. The van der Waals surface area contributed by atoms with E-state index in [2.05, 4.69) is 14.9 Å². The molecule has 0 saturated carbocycles. The van der Waals surface area contributed by atoms with Crippen LogP contribution in [0.3, 0.4) is 0 Å². The first kappa shape index (κ1) is 5.56. The summed E-state index contributed by atoms with van der Waals surface area (Å²) in [6.45, 7) is 0. The number of aromatic nitrogens is 2. The Kier molecular flexibility index (Phi) is 1.86. The molecule has 1 heterocycles. The van der Waals surface area contributed by atoms with E-state index >= 15 is 0 Å². The number of nitrogens with zero attached hydrogens (tertiary/aromatic N) is 2. The molecule has 0 aromatic carbocycles. The Labute approximate surface area is 51.6 Å². The number of alkyl halides is 1. The predicted molar refractivity (Wildman–Crippen MR) is 28.7 cm³/mol. The van der Waals surface area contributed by atoms with Gasteiger partial charge in [-0.3, -0.25) is 0 Å². The van der Waals surface area contributed by atoms with Gasteiger partial charge in [-0.1, -0.05) is 0 Å². The van der Waals surface area contributed by atoms with Gasteiger partial charge >= 0.3 is 0 Å². The molecule has 0 N–H and O–H groups in total. The van der Waals surface area contributed by atoms with Crippen LogP contribution in [0, 0.1) is 0 Å². The summed E-state index contributed by atoms with van der Waals surface area (Å²) in [6, 6.07) is 0. The van der Waals surface area contributed by atoms with Crippen LogP contribution in [0.5, 0.6) is 0 Å². The maximum Gasteiger partial charge on any atom is 0.147 e. The van der Waals surface area contributed by atoms with E-state index in [0.717, 1.165) is 12.1 Å². The maximum atomic E-state index is 5.38. The van der Waals surface area contributed by atoms with Gasteiger partial charge in [0.1, 0.15) is 12.0 Å². The first-order chi connectivity index (χ1) is 3.93. The predicted octanol–water partition coefficient (Wildman–Crippen LogP) is 0.851. The van der Waals surface area contributed by atoms with E-state index in [4.69, 9.17) is 11.6 Å². The molecule has 0 saturated heterocycles. The van der Waals surface area contributed by atoms with E-state index in [-0.39, 0.29) is 0 Å². The van der Waals surface area contributed by atoms with Crippen molar-refractivity contribution < 1.29 is 4.52 Å². The fraction of sp³-hybridized carbons (Fsp3) is 0.500. The molecule has 0 amide bonds. The smallest absolute Gasteiger partial charge is 0.147 e. The number of hydrogen-bond acceptors (Lipinski definition) is 3. The molecule has 1 aromatic rings. The standard InChI is InChI=1S/C4H5ClN2O/c5-2-1-4-3-8-7-6-4/h3H,1-2H2. The molecule has 1 aromatic heterocycles. The summed E-state index contributed by atoms with van der Waals surface area (Å²) in [5.41, 5.74) is 0.806. The highest BCUT2D eigenvalue weighted by Gasteiger charge is 1.92. The van der Waals surface area contributed by atoms with Gasteiger partial charge in [0, 0.05) is 17.6 Å². The Morgan fingerprint density at radius 1 is 1.75 bits per heavy atom. The lowest BCUT2D eigenvalue weighted by Crippen LogP contribution is -1.84. The molecule has 0 aliphatic heterocycles. The van der Waals surface area contributed by atoms with E-state index in [0.29, 0.717) is 5.88 Å². The zero-order chi connectivity index (χ0) is 5.82. The van der Waals surface area contributed by atoms with Gasteiger partial charge in [0.25, 0.3) is 0 Å². The molecule has 0 atom stereocenters. The van der Waals surface area contributed by atoms with Gasteiger partial charge < -0.3 is 4.52 Å². The van der Waals surface area contributed by atoms with Crippen molar-refractivity contribution in [1.29, 1.82) is 0 Å². The summed E-state index contributed by atoms with van der Waals surface area (Å²) in [7, 11) is 0. The fourth-order valence-electron chi connectivity index (χ4n) is 0.390. The Bertz CT molecular complexity index is 140. The third-order valence-electron chi connectivity index (χ3n) is 0.756. The van der Waals surface area contributed by atoms with Gasteiger partial charge in [-0.05, 0) is 0 Å². The van der Waals surface area contributed by atoms with Crippen molar-refractivity contribution in [3.8, 4) is 0 Å². The number of halogens is 1. The molecule has 0 fully saturated rings. The van der Waals surface area contributed by atoms with E-state index in [9.17, 15) is 0 Å². The van der Waals surface area contributed by atoms with Crippen LogP contribution in [0.2, 0.25) is 0 Å². The average molecular weight is 133 g/mol. The monoisotopic (exact) mass is 132 g/mol. The Morgan fingerprint density at radius 3 is 3.12 bits per heavy atom. The molecule has 0 radical (unpaired) electrons. The molecule has 0 aliphatic carbocycles. The Balaban J connectivity index is 2.50. The van der Waals surface area contributed by atoms with Crippen LogP contribution in [-0.2, 0) is 6.42 Å². The molecule has 0 spiro atoms. The molecular weight excluding hydrogens is 128 g/mol. The third kappa shape index (κ3) is 1.20. The van der Waals surface area contributed by atoms with E-state index in [1.807, 2.05) is 0 Å². The molecular formula is C4H5ClN2O. The number of aryl methyl sites for hydroxylation is 1. The van der Waals surface area contributed by atoms with Crippen molar-refractivity contribution in [2.45, 2.75) is 6.42 Å². The third-order valence-corrected chi connectivity index (χ3v) is 0.945. The molecule has 0 bridgehead atoms. The summed E-state index contributed by atoms with van der Waals surface area (Å²) >= 11 is 5.38. The van der Waals surface area contributed by atoms with Crippen LogP contribution < -0.4 is 0 Å². The minimum Gasteiger partial charge on any atom is -0.345 e. The van der Waals surface area contributed by atoms with Gasteiger partial charge in [0.15, 0.2) is 0 Å². The van der Waals surface area contributed by atoms with Crippen LogP contribution in [0.4, 0.5) is 0 Å². The van der Waals surface area contributed by atoms with Crippen LogP contribution >= 0.6 is 11.6 Å². The summed E-state index contributed by atoms with van der Waals surface area (Å²) < 4.78 is 4.45. The lowest BCUT2D eigenvalue weighted by Gasteiger charge is -1.79. The van der Waals surface area contributed by atoms with Gasteiger partial charge in [-0.15, -0.1) is 16.7 Å². The molecule has 1 rings (SSSR count). The molecule has 44 valence electrons. The normalized spacial score (nSPS) is 9.62. The fourth-order valence-corrected chi connectivity index (χ4v) is 0.583. The van der Waals surface area contributed by atoms with Gasteiger partial charge in [0.05, 0.1) is 0 Å².